The van der Waals surface area contributed by atoms with E-state index in [1.54, 1.807) is 7.05 Å². The molecule has 3 N–H and O–H groups in total. The quantitative estimate of drug-likeness (QED) is 0.679. The van der Waals surface area contributed by atoms with Gasteiger partial charge in [0.25, 0.3) is 0 Å². The average molecular weight is 313 g/mol. The zero-order chi connectivity index (χ0) is 16.8. The molecule has 1 saturated carbocycles. The highest BCUT2D eigenvalue weighted by atomic mass is 16.5. The number of rotatable bonds is 6. The molecule has 7 nitrogen and oxygen atoms in total. The van der Waals surface area contributed by atoms with Crippen LogP contribution >= 0.6 is 0 Å². The minimum atomic E-state index is -0.686. The van der Waals surface area contributed by atoms with E-state index in [-0.39, 0.29) is 24.2 Å². The molecule has 0 aromatic rings. The molecule has 0 bridgehead atoms. The van der Waals surface area contributed by atoms with Gasteiger partial charge in [-0.05, 0) is 18.8 Å². The lowest BCUT2D eigenvalue weighted by molar-refractivity contribution is -0.127. The Hall–Kier alpha value is -1.79. The van der Waals surface area contributed by atoms with Crippen molar-refractivity contribution in [3.05, 3.63) is 0 Å². The van der Waals surface area contributed by atoms with Crippen LogP contribution in [0, 0.1) is 5.92 Å². The lowest BCUT2D eigenvalue weighted by Gasteiger charge is -2.32. The minimum absolute atomic E-state index is 0.0856. The Bertz CT molecular complexity index is 417. The molecule has 0 aromatic carbocycles. The van der Waals surface area contributed by atoms with Gasteiger partial charge in [-0.2, -0.15) is 0 Å². The Kier molecular flexibility index (Phi) is 6.64. The van der Waals surface area contributed by atoms with E-state index in [1.807, 2.05) is 13.8 Å². The first-order valence-corrected chi connectivity index (χ1v) is 7.70. The molecule has 1 rings (SSSR count). The topological polar surface area (TPSA) is 96.5 Å². The third kappa shape index (κ3) is 4.89. The molecule has 3 amide bonds. The van der Waals surface area contributed by atoms with E-state index < -0.39 is 17.7 Å². The van der Waals surface area contributed by atoms with Crippen LogP contribution < -0.4 is 16.0 Å². The number of hydrogen-bond acceptors (Lipinski definition) is 4. The third-order valence-electron chi connectivity index (χ3n) is 4.13. The number of nitrogens with one attached hydrogen (secondary N) is 3. The summed E-state index contributed by atoms with van der Waals surface area (Å²) in [5, 5.41) is 8.15. The van der Waals surface area contributed by atoms with Gasteiger partial charge in [-0.25, -0.2) is 4.79 Å². The molecule has 0 spiro atoms. The van der Waals surface area contributed by atoms with E-state index >= 15 is 0 Å². The van der Waals surface area contributed by atoms with E-state index in [4.69, 9.17) is 0 Å². The predicted molar refractivity (Wildman–Crippen MR) is 82.2 cm³/mol. The highest BCUT2D eigenvalue weighted by Gasteiger charge is 2.39. The van der Waals surface area contributed by atoms with Crippen LogP contribution in [0.2, 0.25) is 0 Å². The molecule has 1 fully saturated rings. The van der Waals surface area contributed by atoms with Crippen molar-refractivity contribution in [2.24, 2.45) is 5.92 Å². The SMILES string of the molecule is CNC(=O)CC1(NC(=O)[C@@H](NC(=O)OC)C(C)C)CCCC1. The van der Waals surface area contributed by atoms with Gasteiger partial charge in [0.2, 0.25) is 11.8 Å². The first-order valence-electron chi connectivity index (χ1n) is 7.70. The Morgan fingerprint density at radius 1 is 1.18 bits per heavy atom. The van der Waals surface area contributed by atoms with E-state index in [9.17, 15) is 14.4 Å². The van der Waals surface area contributed by atoms with Crippen LogP contribution in [0.5, 0.6) is 0 Å². The molecule has 0 unspecified atom stereocenters. The Morgan fingerprint density at radius 2 is 1.77 bits per heavy atom. The number of amides is 3. The smallest absolute Gasteiger partial charge is 0.407 e. The maximum atomic E-state index is 12.6. The zero-order valence-corrected chi connectivity index (χ0v) is 13.8. The summed E-state index contributed by atoms with van der Waals surface area (Å²) in [7, 11) is 2.84. The van der Waals surface area contributed by atoms with Gasteiger partial charge < -0.3 is 20.7 Å². The van der Waals surface area contributed by atoms with E-state index in [0.29, 0.717) is 0 Å². The summed E-state index contributed by atoms with van der Waals surface area (Å²) in [5.41, 5.74) is -0.512. The van der Waals surface area contributed by atoms with Crippen molar-refractivity contribution >= 4 is 17.9 Å². The fourth-order valence-corrected chi connectivity index (χ4v) is 2.85. The summed E-state index contributed by atoms with van der Waals surface area (Å²) >= 11 is 0. The fourth-order valence-electron chi connectivity index (χ4n) is 2.85. The molecular formula is C15H27N3O4. The van der Waals surface area contributed by atoms with Crippen LogP contribution in [0.25, 0.3) is 0 Å². The van der Waals surface area contributed by atoms with Crippen molar-refractivity contribution in [3.63, 3.8) is 0 Å². The second-order valence-corrected chi connectivity index (χ2v) is 6.18. The first kappa shape index (κ1) is 18.3. The van der Waals surface area contributed by atoms with Gasteiger partial charge in [-0.15, -0.1) is 0 Å². The third-order valence-corrected chi connectivity index (χ3v) is 4.13. The molecule has 0 saturated heterocycles. The van der Waals surface area contributed by atoms with Crippen molar-refractivity contribution in [1.29, 1.82) is 0 Å². The number of methoxy groups -OCH3 is 1. The van der Waals surface area contributed by atoms with Gasteiger partial charge in [0.15, 0.2) is 0 Å². The highest BCUT2D eigenvalue weighted by Crippen LogP contribution is 2.32. The lowest BCUT2D eigenvalue weighted by Crippen LogP contribution is -2.57. The van der Waals surface area contributed by atoms with Gasteiger partial charge in [0.05, 0.1) is 7.11 Å². The fraction of sp³-hybridized carbons (Fsp3) is 0.800. The second-order valence-electron chi connectivity index (χ2n) is 6.18. The van der Waals surface area contributed by atoms with Crippen LogP contribution in [0.15, 0.2) is 0 Å². The molecule has 7 heteroatoms. The molecule has 1 aliphatic carbocycles. The number of ether oxygens (including phenoxy) is 1. The normalized spacial score (nSPS) is 17.7. The summed E-state index contributed by atoms with van der Waals surface area (Å²) < 4.78 is 4.56. The molecule has 126 valence electrons. The van der Waals surface area contributed by atoms with Crippen molar-refractivity contribution in [2.75, 3.05) is 14.2 Å². The van der Waals surface area contributed by atoms with E-state index in [1.165, 1.54) is 7.11 Å². The van der Waals surface area contributed by atoms with Crippen molar-refractivity contribution < 1.29 is 19.1 Å². The summed E-state index contributed by atoms with van der Waals surface area (Å²) in [6.07, 6.45) is 3.13. The first-order chi connectivity index (χ1) is 10.3. The maximum Gasteiger partial charge on any atom is 0.407 e. The summed E-state index contributed by atoms with van der Waals surface area (Å²) in [6, 6.07) is -0.686. The summed E-state index contributed by atoms with van der Waals surface area (Å²) in [4.78, 5) is 35.7. The van der Waals surface area contributed by atoms with Crippen molar-refractivity contribution in [2.45, 2.75) is 57.5 Å². The molecule has 0 radical (unpaired) electrons. The summed E-state index contributed by atoms with van der Waals surface area (Å²) in [5.74, 6) is -0.451. The van der Waals surface area contributed by atoms with Gasteiger partial charge in [0.1, 0.15) is 6.04 Å². The van der Waals surface area contributed by atoms with Crippen LogP contribution in [0.4, 0.5) is 4.79 Å². The molecule has 1 atom stereocenters. The molecule has 0 aliphatic heterocycles. The van der Waals surface area contributed by atoms with Gasteiger partial charge >= 0.3 is 6.09 Å². The lowest BCUT2D eigenvalue weighted by atomic mass is 9.91. The molecular weight excluding hydrogens is 286 g/mol. The van der Waals surface area contributed by atoms with Gasteiger partial charge in [0, 0.05) is 19.0 Å². The van der Waals surface area contributed by atoms with Crippen molar-refractivity contribution in [1.82, 2.24) is 16.0 Å². The van der Waals surface area contributed by atoms with Gasteiger partial charge in [-0.1, -0.05) is 26.7 Å². The number of hydrogen-bond donors (Lipinski definition) is 3. The maximum absolute atomic E-state index is 12.6. The Balaban J connectivity index is 2.79. The van der Waals surface area contributed by atoms with E-state index in [2.05, 4.69) is 20.7 Å². The van der Waals surface area contributed by atoms with E-state index in [0.717, 1.165) is 25.7 Å². The Labute approximate surface area is 131 Å². The van der Waals surface area contributed by atoms with Crippen LogP contribution in [0.1, 0.15) is 46.0 Å². The summed E-state index contributed by atoms with van der Waals surface area (Å²) in [6.45, 7) is 3.69. The van der Waals surface area contributed by atoms with Crippen LogP contribution in [0.3, 0.4) is 0 Å². The minimum Gasteiger partial charge on any atom is -0.453 e. The largest absolute Gasteiger partial charge is 0.453 e. The van der Waals surface area contributed by atoms with Gasteiger partial charge in [-0.3, -0.25) is 9.59 Å². The van der Waals surface area contributed by atoms with Crippen LogP contribution in [-0.4, -0.2) is 43.6 Å². The van der Waals surface area contributed by atoms with Crippen molar-refractivity contribution in [3.8, 4) is 0 Å². The van der Waals surface area contributed by atoms with Crippen LogP contribution in [-0.2, 0) is 14.3 Å². The molecule has 0 aromatic heterocycles. The standard InChI is InChI=1S/C15H27N3O4/c1-10(2)12(17-14(21)22-4)13(20)18-15(7-5-6-8-15)9-11(19)16-3/h10,12H,5-9H2,1-4H3,(H,16,19)(H,17,21)(H,18,20)/t12-/m0/s1. The predicted octanol–water partition coefficient (Wildman–Crippen LogP) is 0.932. The number of carbonyl (C=O) groups is 3. The second kappa shape index (κ2) is 8.00. The number of alkyl carbamates (subject to hydrolysis) is 1. The molecule has 0 heterocycles. The average Bonchev–Trinajstić information content (AvgIpc) is 2.91. The monoisotopic (exact) mass is 313 g/mol. The molecule has 1 aliphatic rings. The number of carbonyl (C=O) groups excluding carboxylic acids is 3. The Morgan fingerprint density at radius 3 is 2.23 bits per heavy atom. The highest BCUT2D eigenvalue weighted by molar-refractivity contribution is 5.87. The molecule has 22 heavy (non-hydrogen) atoms. The zero-order valence-electron chi connectivity index (χ0n) is 13.8.